The van der Waals surface area contributed by atoms with Gasteiger partial charge in [-0.3, -0.25) is 19.3 Å². The molecule has 0 bridgehead atoms. The van der Waals surface area contributed by atoms with Crippen LogP contribution in [0.25, 0.3) is 22.3 Å². The number of halogens is 6. The average molecular weight is 734 g/mol. The molecule has 0 unspecified atom stereocenters. The van der Waals surface area contributed by atoms with Crippen molar-refractivity contribution in [2.75, 3.05) is 39.3 Å². The number of fused-ring (bicyclic) bond motifs is 1. The first kappa shape index (κ1) is 36.6. The smallest absolute Gasteiger partial charge is 0.475 e. The van der Waals surface area contributed by atoms with Crippen LogP contribution in [-0.4, -0.2) is 118 Å². The Kier molecular flexibility index (Phi) is 10.2. The Bertz CT molecular complexity index is 1950. The average Bonchev–Trinajstić information content (AvgIpc) is 3.88. The molecule has 2 N–H and O–H groups in total. The van der Waals surface area contributed by atoms with E-state index in [9.17, 15) is 36.4 Å². The van der Waals surface area contributed by atoms with Gasteiger partial charge in [0.1, 0.15) is 23.2 Å². The number of nitrogens with zero attached hydrogens (tertiary/aromatic N) is 10. The molecule has 0 saturated carbocycles. The largest absolute Gasteiger partial charge is 0.490 e. The summed E-state index contributed by atoms with van der Waals surface area (Å²) in [4.78, 5) is 47.4. The zero-order chi connectivity index (χ0) is 37.3. The Morgan fingerprint density at radius 2 is 1.73 bits per heavy atom. The molecule has 1 amide bonds. The Hall–Kier alpha value is -5.16. The molecule has 7 heterocycles. The molecule has 0 spiro atoms. The molecule has 0 radical (unpaired) electrons. The van der Waals surface area contributed by atoms with Gasteiger partial charge in [-0.2, -0.15) is 36.7 Å². The molecule has 20 heteroatoms. The first-order chi connectivity index (χ1) is 24.7. The van der Waals surface area contributed by atoms with Gasteiger partial charge in [0, 0.05) is 62.1 Å². The van der Waals surface area contributed by atoms with E-state index in [1.54, 1.807) is 11.1 Å². The van der Waals surface area contributed by atoms with Gasteiger partial charge in [0.2, 0.25) is 5.82 Å². The Labute approximate surface area is 292 Å². The zero-order valence-electron chi connectivity index (χ0n) is 27.5. The molecule has 3 fully saturated rings. The number of carboxylic acid groups (broad SMARTS) is 1. The highest BCUT2D eigenvalue weighted by Crippen LogP contribution is 2.37. The van der Waals surface area contributed by atoms with Crippen LogP contribution in [0.4, 0.5) is 26.3 Å². The van der Waals surface area contributed by atoms with E-state index >= 15 is 0 Å². The van der Waals surface area contributed by atoms with Gasteiger partial charge < -0.3 is 15.0 Å². The minimum Gasteiger partial charge on any atom is -0.475 e. The number of aromatic nitrogens is 7. The predicted molar refractivity (Wildman–Crippen MR) is 169 cm³/mol. The summed E-state index contributed by atoms with van der Waals surface area (Å²) in [7, 11) is 0. The molecular weight excluding hydrogens is 700 g/mol. The van der Waals surface area contributed by atoms with E-state index < -0.39 is 35.6 Å². The third-order valence-corrected chi connectivity index (χ3v) is 9.45. The van der Waals surface area contributed by atoms with Gasteiger partial charge in [0.05, 0.1) is 30.1 Å². The maximum Gasteiger partial charge on any atom is 0.490 e. The molecule has 276 valence electrons. The number of nitrogens with one attached hydrogen (secondary N) is 1. The summed E-state index contributed by atoms with van der Waals surface area (Å²) in [6.07, 6.45) is 0.806. The molecule has 4 aromatic rings. The lowest BCUT2D eigenvalue weighted by Crippen LogP contribution is -2.66. The number of hydrogen-bond donors (Lipinski definition) is 2. The minimum absolute atomic E-state index is 0.180. The van der Waals surface area contributed by atoms with Gasteiger partial charge in [-0.05, 0) is 50.9 Å². The summed E-state index contributed by atoms with van der Waals surface area (Å²) in [5.74, 6) is -4.53. The Morgan fingerprint density at radius 3 is 2.37 bits per heavy atom. The first-order valence-corrected chi connectivity index (χ1v) is 16.4. The number of likely N-dealkylation sites (tertiary alicyclic amines) is 3. The van der Waals surface area contributed by atoms with Gasteiger partial charge >= 0.3 is 18.3 Å². The second-order valence-corrected chi connectivity index (χ2v) is 13.0. The maximum atomic E-state index is 13.6. The minimum atomic E-state index is -5.08. The van der Waals surface area contributed by atoms with Crippen molar-refractivity contribution in [2.45, 2.75) is 62.6 Å². The number of aromatic amines is 1. The maximum absolute atomic E-state index is 13.6. The second kappa shape index (κ2) is 14.5. The molecule has 52 heavy (non-hydrogen) atoms. The number of H-pyrrole nitrogens is 1. The third-order valence-electron chi connectivity index (χ3n) is 9.45. The van der Waals surface area contributed by atoms with Crippen LogP contribution in [0, 0.1) is 11.3 Å². The summed E-state index contributed by atoms with van der Waals surface area (Å²) in [5.41, 5.74) is 1.86. The number of rotatable bonds is 7. The molecule has 0 aromatic carbocycles. The van der Waals surface area contributed by atoms with Crippen molar-refractivity contribution in [3.05, 3.63) is 54.3 Å². The van der Waals surface area contributed by atoms with Crippen LogP contribution in [0.5, 0.6) is 0 Å². The van der Waals surface area contributed by atoms with Crippen LogP contribution in [0.1, 0.15) is 54.1 Å². The van der Waals surface area contributed by atoms with Crippen LogP contribution in [0.2, 0.25) is 0 Å². The predicted octanol–water partition coefficient (Wildman–Crippen LogP) is 4.09. The molecule has 0 aliphatic carbocycles. The van der Waals surface area contributed by atoms with Crippen LogP contribution in [-0.2, 0) is 23.1 Å². The number of carboxylic acids is 1. The lowest BCUT2D eigenvalue weighted by atomic mass is 9.83. The number of piperidine rings is 1. The van der Waals surface area contributed by atoms with Crippen LogP contribution in [0.3, 0.4) is 0 Å². The van der Waals surface area contributed by atoms with Crippen molar-refractivity contribution in [1.82, 2.24) is 49.4 Å². The Balaban J connectivity index is 0.000000604. The lowest BCUT2D eigenvalue weighted by molar-refractivity contribution is -0.192. The topological polar surface area (TPSA) is 173 Å². The molecule has 3 aliphatic heterocycles. The van der Waals surface area contributed by atoms with E-state index in [4.69, 9.17) is 9.90 Å². The van der Waals surface area contributed by atoms with Crippen molar-refractivity contribution in [1.29, 1.82) is 5.26 Å². The summed E-state index contributed by atoms with van der Waals surface area (Å²) in [6.45, 7) is 3.94. The fourth-order valence-corrected chi connectivity index (χ4v) is 6.84. The first-order valence-electron chi connectivity index (χ1n) is 16.4. The number of aliphatic carboxylic acids is 1. The summed E-state index contributed by atoms with van der Waals surface area (Å²) < 4.78 is 74.5. The fraction of sp³-hybridized carbons (Fsp3) is 0.500. The highest BCUT2D eigenvalue weighted by atomic mass is 19.4. The number of alkyl halides is 6. The molecule has 7 rings (SSSR count). The van der Waals surface area contributed by atoms with Crippen molar-refractivity contribution in [2.24, 2.45) is 0 Å². The van der Waals surface area contributed by atoms with Gasteiger partial charge in [0.25, 0.3) is 5.91 Å². The van der Waals surface area contributed by atoms with Crippen molar-refractivity contribution < 1.29 is 41.0 Å². The number of nitriles is 1. The monoisotopic (exact) mass is 733 g/mol. The number of carbonyl (C=O) groups excluding carboxylic acids is 1. The van der Waals surface area contributed by atoms with Crippen molar-refractivity contribution in [3.8, 4) is 17.3 Å². The van der Waals surface area contributed by atoms with E-state index in [1.807, 2.05) is 28.0 Å². The van der Waals surface area contributed by atoms with Crippen LogP contribution in [0.15, 0.2) is 37.1 Å². The van der Waals surface area contributed by atoms with Gasteiger partial charge in [-0.25, -0.2) is 24.7 Å². The fourth-order valence-electron chi connectivity index (χ4n) is 6.84. The molecule has 3 saturated heterocycles. The van der Waals surface area contributed by atoms with Gasteiger partial charge in [0.15, 0.2) is 0 Å². The van der Waals surface area contributed by atoms with E-state index in [0.717, 1.165) is 48.2 Å². The highest BCUT2D eigenvalue weighted by molar-refractivity contribution is 5.92. The highest BCUT2D eigenvalue weighted by Gasteiger charge is 2.48. The van der Waals surface area contributed by atoms with E-state index in [1.165, 1.54) is 12.4 Å². The molecule has 4 aromatic heterocycles. The number of amides is 1. The molecular formula is C32H33F6N11O3. The third kappa shape index (κ3) is 7.84. The van der Waals surface area contributed by atoms with Crippen LogP contribution >= 0.6 is 0 Å². The SMILES string of the molecule is N#CCC1(n2cc(-c3ncnc4[nH]ccc34)cn2)CN(C2CCN(C(=O)c3cc(CN4CCCC4)nc(C(F)(F)F)n3)CC2)C1.O=C(O)C(F)(F)F. The van der Waals surface area contributed by atoms with E-state index in [-0.39, 0.29) is 24.0 Å². The van der Waals surface area contributed by atoms with Gasteiger partial charge in [-0.1, -0.05) is 0 Å². The number of hydrogen-bond acceptors (Lipinski definition) is 10. The van der Waals surface area contributed by atoms with Crippen molar-refractivity contribution >= 4 is 22.9 Å². The number of carbonyl (C=O) groups is 2. The lowest BCUT2D eigenvalue weighted by Gasteiger charge is -2.53. The summed E-state index contributed by atoms with van der Waals surface area (Å²) >= 11 is 0. The summed E-state index contributed by atoms with van der Waals surface area (Å²) in [6, 6.07) is 5.83. The molecule has 14 nitrogen and oxygen atoms in total. The Morgan fingerprint density at radius 1 is 1.04 bits per heavy atom. The molecule has 3 aliphatic rings. The summed E-state index contributed by atoms with van der Waals surface area (Å²) in [5, 5.41) is 22.3. The second-order valence-electron chi connectivity index (χ2n) is 13.0. The van der Waals surface area contributed by atoms with Crippen molar-refractivity contribution in [3.63, 3.8) is 0 Å². The molecule has 0 atom stereocenters. The normalized spacial score (nSPS) is 18.4. The van der Waals surface area contributed by atoms with E-state index in [0.29, 0.717) is 45.4 Å². The quantitative estimate of drug-likeness (QED) is 0.262. The van der Waals surface area contributed by atoms with Gasteiger partial charge in [-0.15, -0.1) is 0 Å². The van der Waals surface area contributed by atoms with E-state index in [2.05, 4.69) is 41.0 Å². The van der Waals surface area contributed by atoms with Crippen LogP contribution < -0.4 is 0 Å². The standard InChI is InChI=1S/C30H32F3N11O.C2HF3O2/c31-30(32,33)28-39-21(16-41-9-1-2-10-41)13-24(40-28)27(45)42-11-4-22(5-12-42)43-17-29(18-43,6-7-34)44-15-20(14-38-44)25-23-3-8-35-26(23)37-19-36-25;3-2(4,5)1(6)7/h3,8,13-15,19,22H,1-2,4-6,9-12,16-18H2,(H,35,36,37);(H,6,7). The zero-order valence-corrected chi connectivity index (χ0v) is 27.5.